The molecule has 0 aliphatic rings. The molecule has 0 saturated heterocycles. The van der Waals surface area contributed by atoms with Crippen molar-refractivity contribution in [1.82, 2.24) is 0 Å². The summed E-state index contributed by atoms with van der Waals surface area (Å²) in [4.78, 5) is 2.41. The predicted molar refractivity (Wildman–Crippen MR) is 86.0 cm³/mol. The van der Waals surface area contributed by atoms with Crippen LogP contribution in [0.2, 0.25) is 0 Å². The topological polar surface area (TPSA) is 63.4 Å². The monoisotopic (exact) mass is 304 g/mol. The molecule has 0 fully saturated rings. The van der Waals surface area contributed by atoms with Crippen molar-refractivity contribution in [2.24, 2.45) is 5.73 Å². The van der Waals surface area contributed by atoms with Crippen molar-refractivity contribution < 1.29 is 8.42 Å². The van der Waals surface area contributed by atoms with E-state index < -0.39 is 9.84 Å². The third-order valence-corrected chi connectivity index (χ3v) is 4.58. The van der Waals surface area contributed by atoms with E-state index in [1.807, 2.05) is 37.4 Å². The molecule has 0 aromatic heterocycles. The van der Waals surface area contributed by atoms with E-state index in [2.05, 4.69) is 11.0 Å². The Hall–Kier alpha value is -1.85. The van der Waals surface area contributed by atoms with E-state index in [4.69, 9.17) is 5.73 Å². The van der Waals surface area contributed by atoms with Crippen molar-refractivity contribution in [3.8, 4) is 0 Å². The fourth-order valence-corrected chi connectivity index (χ4v) is 2.84. The summed E-state index contributed by atoms with van der Waals surface area (Å²) in [7, 11) is -1.17. The van der Waals surface area contributed by atoms with Gasteiger partial charge in [0.2, 0.25) is 0 Å². The average molecular weight is 304 g/mol. The van der Waals surface area contributed by atoms with Gasteiger partial charge in [-0.05, 0) is 35.4 Å². The van der Waals surface area contributed by atoms with E-state index in [1.165, 1.54) is 11.8 Å². The van der Waals surface area contributed by atoms with Crippen LogP contribution in [0, 0.1) is 0 Å². The molecule has 0 saturated carbocycles. The van der Waals surface area contributed by atoms with Crippen molar-refractivity contribution in [3.05, 3.63) is 59.7 Å². The minimum absolute atomic E-state index is 0.335. The zero-order valence-electron chi connectivity index (χ0n) is 12.3. The van der Waals surface area contributed by atoms with Crippen molar-refractivity contribution in [2.75, 3.05) is 18.2 Å². The third kappa shape index (κ3) is 3.83. The van der Waals surface area contributed by atoms with E-state index in [1.54, 1.807) is 12.1 Å². The van der Waals surface area contributed by atoms with E-state index in [-0.39, 0.29) is 0 Å². The Morgan fingerprint density at radius 2 is 1.57 bits per heavy atom. The van der Waals surface area contributed by atoms with Gasteiger partial charge in [0.1, 0.15) is 0 Å². The number of sulfone groups is 1. The molecule has 112 valence electrons. The largest absolute Gasteiger partial charge is 0.370 e. The Labute approximate surface area is 126 Å². The molecule has 0 bridgehead atoms. The fourth-order valence-electron chi connectivity index (χ4n) is 2.21. The van der Waals surface area contributed by atoms with Crippen LogP contribution in [0.3, 0.4) is 0 Å². The molecule has 21 heavy (non-hydrogen) atoms. The van der Waals surface area contributed by atoms with Crippen LogP contribution < -0.4 is 10.6 Å². The molecule has 0 aliphatic heterocycles. The second kappa shape index (κ2) is 6.28. The SMILES string of the molecule is CN(Cc1ccccc1CN)c1ccc(S(C)(=O)=O)cc1. The van der Waals surface area contributed by atoms with E-state index in [9.17, 15) is 8.42 Å². The van der Waals surface area contributed by atoms with Gasteiger partial charge in [-0.2, -0.15) is 0 Å². The van der Waals surface area contributed by atoms with Crippen molar-refractivity contribution in [2.45, 2.75) is 18.0 Å². The molecule has 2 aromatic carbocycles. The van der Waals surface area contributed by atoms with Gasteiger partial charge in [0, 0.05) is 32.1 Å². The molecule has 2 N–H and O–H groups in total. The van der Waals surface area contributed by atoms with Gasteiger partial charge in [0.05, 0.1) is 4.90 Å². The maximum absolute atomic E-state index is 11.5. The van der Waals surface area contributed by atoms with Crippen LogP contribution in [0.25, 0.3) is 0 Å². The first kappa shape index (κ1) is 15.5. The molecular formula is C16H20N2O2S. The third-order valence-electron chi connectivity index (χ3n) is 3.45. The average Bonchev–Trinajstić information content (AvgIpc) is 2.47. The molecule has 0 unspecified atom stereocenters. The highest BCUT2D eigenvalue weighted by Gasteiger charge is 2.09. The minimum atomic E-state index is -3.15. The van der Waals surface area contributed by atoms with Gasteiger partial charge in [-0.1, -0.05) is 24.3 Å². The van der Waals surface area contributed by atoms with Crippen LogP contribution in [0.5, 0.6) is 0 Å². The quantitative estimate of drug-likeness (QED) is 0.919. The van der Waals surface area contributed by atoms with Gasteiger partial charge in [0.15, 0.2) is 9.84 Å². The molecule has 0 atom stereocenters. The van der Waals surface area contributed by atoms with Crippen molar-refractivity contribution in [3.63, 3.8) is 0 Å². The summed E-state index contributed by atoms with van der Waals surface area (Å²) in [6, 6.07) is 15.0. The molecule has 4 nitrogen and oxygen atoms in total. The first-order chi connectivity index (χ1) is 9.91. The van der Waals surface area contributed by atoms with Gasteiger partial charge in [0.25, 0.3) is 0 Å². The van der Waals surface area contributed by atoms with E-state index in [0.29, 0.717) is 11.4 Å². The van der Waals surface area contributed by atoms with Crippen LogP contribution >= 0.6 is 0 Å². The summed E-state index contributed by atoms with van der Waals surface area (Å²) >= 11 is 0. The Bertz CT molecular complexity index is 709. The highest BCUT2D eigenvalue weighted by molar-refractivity contribution is 7.90. The fraction of sp³-hybridized carbons (Fsp3) is 0.250. The minimum Gasteiger partial charge on any atom is -0.370 e. The molecule has 2 aromatic rings. The molecule has 2 rings (SSSR count). The lowest BCUT2D eigenvalue weighted by molar-refractivity contribution is 0.602. The number of anilines is 1. The summed E-state index contributed by atoms with van der Waals surface area (Å²) in [5.41, 5.74) is 9.01. The zero-order valence-corrected chi connectivity index (χ0v) is 13.1. The number of rotatable bonds is 5. The molecular weight excluding hydrogens is 284 g/mol. The molecule has 0 aliphatic carbocycles. The maximum Gasteiger partial charge on any atom is 0.175 e. The maximum atomic E-state index is 11.5. The molecule has 0 spiro atoms. The lowest BCUT2D eigenvalue weighted by Gasteiger charge is -2.21. The normalized spacial score (nSPS) is 11.4. The van der Waals surface area contributed by atoms with Gasteiger partial charge in [-0.3, -0.25) is 0 Å². The molecule has 5 heteroatoms. The zero-order chi connectivity index (χ0) is 15.5. The lowest BCUT2D eigenvalue weighted by Crippen LogP contribution is -2.18. The summed E-state index contributed by atoms with van der Waals surface area (Å²) in [5, 5.41) is 0. The number of hydrogen-bond acceptors (Lipinski definition) is 4. The Morgan fingerprint density at radius 1 is 1.00 bits per heavy atom. The predicted octanol–water partition coefficient (Wildman–Crippen LogP) is 2.19. The smallest absolute Gasteiger partial charge is 0.175 e. The van der Waals surface area contributed by atoms with E-state index in [0.717, 1.165) is 17.8 Å². The highest BCUT2D eigenvalue weighted by atomic mass is 32.2. The van der Waals surface area contributed by atoms with Gasteiger partial charge < -0.3 is 10.6 Å². The number of nitrogens with zero attached hydrogens (tertiary/aromatic N) is 1. The summed E-state index contributed by atoms with van der Waals surface area (Å²) in [6.07, 6.45) is 1.21. The number of benzene rings is 2. The second-order valence-corrected chi connectivity index (χ2v) is 7.11. The van der Waals surface area contributed by atoms with Crippen molar-refractivity contribution in [1.29, 1.82) is 0 Å². The summed E-state index contributed by atoms with van der Waals surface area (Å²) in [5.74, 6) is 0. The van der Waals surface area contributed by atoms with Crippen molar-refractivity contribution >= 4 is 15.5 Å². The Balaban J connectivity index is 2.19. The number of hydrogen-bond donors (Lipinski definition) is 1. The first-order valence-electron chi connectivity index (χ1n) is 6.70. The summed E-state index contributed by atoms with van der Waals surface area (Å²) < 4.78 is 22.9. The standard InChI is InChI=1S/C16H20N2O2S/c1-18(12-14-6-4-3-5-13(14)11-17)15-7-9-16(10-8-15)21(2,19)20/h3-10H,11-12,17H2,1-2H3. The van der Waals surface area contributed by atoms with Crippen LogP contribution in [-0.4, -0.2) is 21.7 Å². The Kier molecular flexibility index (Phi) is 4.65. The lowest BCUT2D eigenvalue weighted by atomic mass is 10.1. The van der Waals surface area contributed by atoms with Crippen LogP contribution in [-0.2, 0) is 22.9 Å². The molecule has 0 radical (unpaired) electrons. The van der Waals surface area contributed by atoms with Crippen LogP contribution in [0.1, 0.15) is 11.1 Å². The van der Waals surface area contributed by atoms with Gasteiger partial charge >= 0.3 is 0 Å². The van der Waals surface area contributed by atoms with E-state index >= 15 is 0 Å². The van der Waals surface area contributed by atoms with Crippen LogP contribution in [0.4, 0.5) is 5.69 Å². The van der Waals surface area contributed by atoms with Crippen LogP contribution in [0.15, 0.2) is 53.4 Å². The highest BCUT2D eigenvalue weighted by Crippen LogP contribution is 2.20. The molecule has 0 amide bonds. The second-order valence-electron chi connectivity index (χ2n) is 5.09. The first-order valence-corrected chi connectivity index (χ1v) is 8.59. The molecule has 0 heterocycles. The van der Waals surface area contributed by atoms with Gasteiger partial charge in [-0.25, -0.2) is 8.42 Å². The summed E-state index contributed by atoms with van der Waals surface area (Å²) in [6.45, 7) is 1.24. The number of nitrogens with two attached hydrogens (primary N) is 1. The van der Waals surface area contributed by atoms with Gasteiger partial charge in [-0.15, -0.1) is 0 Å². The Morgan fingerprint density at radius 3 is 2.10 bits per heavy atom.